The molecule has 11 nitrogen and oxygen atoms in total. The molecular weight excluding hydrogens is 506 g/mol. The predicted octanol–water partition coefficient (Wildman–Crippen LogP) is 3.16. The first kappa shape index (κ1) is 25.6. The summed E-state index contributed by atoms with van der Waals surface area (Å²) in [5.74, 6) is 1.14. The number of ether oxygens (including phenoxy) is 2. The molecule has 1 aromatic carbocycles. The zero-order valence-electron chi connectivity index (χ0n) is 21.7. The van der Waals surface area contributed by atoms with Crippen LogP contribution in [0.3, 0.4) is 0 Å². The molecule has 4 aromatic rings. The van der Waals surface area contributed by atoms with Crippen LogP contribution in [0.15, 0.2) is 29.6 Å². The number of methoxy groups -OCH3 is 2. The summed E-state index contributed by atoms with van der Waals surface area (Å²) in [4.78, 5) is 32.3. The van der Waals surface area contributed by atoms with Crippen LogP contribution in [0.2, 0.25) is 0 Å². The summed E-state index contributed by atoms with van der Waals surface area (Å²) in [5, 5.41) is 18.4. The molecule has 0 atom stereocenters. The minimum absolute atomic E-state index is 0.142. The first-order valence-electron chi connectivity index (χ1n) is 12.3. The maximum absolute atomic E-state index is 13.2. The molecule has 1 saturated heterocycles. The number of amides is 2. The minimum atomic E-state index is -0.236. The Balaban J connectivity index is 1.18. The van der Waals surface area contributed by atoms with E-state index in [1.54, 1.807) is 35.1 Å². The van der Waals surface area contributed by atoms with Crippen molar-refractivity contribution in [3.63, 3.8) is 0 Å². The number of benzene rings is 1. The van der Waals surface area contributed by atoms with E-state index in [2.05, 4.69) is 25.6 Å². The van der Waals surface area contributed by atoms with Crippen LogP contribution in [0.25, 0.3) is 5.65 Å². The molecule has 1 fully saturated rings. The van der Waals surface area contributed by atoms with Crippen LogP contribution >= 0.6 is 11.3 Å². The van der Waals surface area contributed by atoms with Crippen LogP contribution < -0.4 is 14.8 Å². The predicted molar refractivity (Wildman–Crippen MR) is 141 cm³/mol. The van der Waals surface area contributed by atoms with Crippen LogP contribution in [-0.4, -0.2) is 68.8 Å². The van der Waals surface area contributed by atoms with E-state index in [0.717, 1.165) is 29.1 Å². The largest absolute Gasteiger partial charge is 0.497 e. The summed E-state index contributed by atoms with van der Waals surface area (Å²) >= 11 is 1.48. The summed E-state index contributed by atoms with van der Waals surface area (Å²) in [5.41, 5.74) is 3.71. The lowest BCUT2D eigenvalue weighted by Crippen LogP contribution is -2.39. The summed E-state index contributed by atoms with van der Waals surface area (Å²) in [6, 6.07) is 7.32. The molecule has 1 N–H and O–H groups in total. The second-order valence-electron chi connectivity index (χ2n) is 9.23. The number of thiazole rings is 1. The number of carbonyl (C=O) groups excluding carboxylic acids is 2. The number of hydrogen-bond donors (Lipinski definition) is 1. The van der Waals surface area contributed by atoms with Crippen LogP contribution in [0.1, 0.15) is 61.7 Å². The average molecular weight is 536 g/mol. The van der Waals surface area contributed by atoms with Gasteiger partial charge in [0.05, 0.1) is 30.6 Å². The van der Waals surface area contributed by atoms with Gasteiger partial charge in [0.15, 0.2) is 11.3 Å². The minimum Gasteiger partial charge on any atom is -0.497 e. The first-order chi connectivity index (χ1) is 18.4. The van der Waals surface area contributed by atoms with Crippen molar-refractivity contribution < 1.29 is 19.1 Å². The molecule has 2 amide bonds. The van der Waals surface area contributed by atoms with Gasteiger partial charge in [0, 0.05) is 43.1 Å². The third-order valence-corrected chi connectivity index (χ3v) is 7.69. The van der Waals surface area contributed by atoms with E-state index in [1.165, 1.54) is 11.3 Å². The van der Waals surface area contributed by atoms with Crippen LogP contribution in [-0.2, 0) is 6.54 Å². The molecule has 0 bridgehead atoms. The Kier molecular flexibility index (Phi) is 7.23. The van der Waals surface area contributed by atoms with Crippen molar-refractivity contribution in [3.8, 4) is 11.5 Å². The van der Waals surface area contributed by atoms with Gasteiger partial charge < -0.3 is 19.7 Å². The number of rotatable bonds is 7. The molecule has 5 rings (SSSR count). The maximum atomic E-state index is 13.2. The number of aryl methyl sites for hydroxylation is 2. The highest BCUT2D eigenvalue weighted by atomic mass is 32.1. The van der Waals surface area contributed by atoms with Crippen LogP contribution in [0.4, 0.5) is 0 Å². The quantitative estimate of drug-likeness (QED) is 0.383. The number of piperidine rings is 1. The van der Waals surface area contributed by atoms with Crippen molar-refractivity contribution in [1.82, 2.24) is 35.0 Å². The fourth-order valence-electron chi connectivity index (χ4n) is 4.58. The van der Waals surface area contributed by atoms with Crippen molar-refractivity contribution >= 4 is 28.8 Å². The normalized spacial score (nSPS) is 14.1. The number of likely N-dealkylation sites (tertiary alicyclic amines) is 1. The van der Waals surface area contributed by atoms with Crippen LogP contribution in [0, 0.1) is 13.8 Å². The molecule has 4 heterocycles. The van der Waals surface area contributed by atoms with Gasteiger partial charge in [-0.3, -0.25) is 9.59 Å². The first-order valence-corrected chi connectivity index (χ1v) is 13.2. The Morgan fingerprint density at radius 2 is 1.76 bits per heavy atom. The number of nitrogens with one attached hydrogen (secondary N) is 1. The Morgan fingerprint density at radius 3 is 2.45 bits per heavy atom. The second-order valence-corrected chi connectivity index (χ2v) is 10.1. The maximum Gasteiger partial charge on any atom is 0.276 e. The third-order valence-electron chi connectivity index (χ3n) is 6.68. The Labute approximate surface area is 223 Å². The van der Waals surface area contributed by atoms with Crippen molar-refractivity contribution in [1.29, 1.82) is 0 Å². The van der Waals surface area contributed by atoms with Gasteiger partial charge in [0.25, 0.3) is 11.8 Å². The number of hydrogen-bond acceptors (Lipinski definition) is 9. The number of aromatic nitrogens is 5. The second kappa shape index (κ2) is 10.7. The molecule has 1 aliphatic heterocycles. The molecule has 0 saturated carbocycles. The summed E-state index contributed by atoms with van der Waals surface area (Å²) < 4.78 is 12.2. The van der Waals surface area contributed by atoms with E-state index >= 15 is 0 Å². The fraction of sp³-hybridized carbons (Fsp3) is 0.385. The molecule has 0 aliphatic carbocycles. The Bertz CT molecular complexity index is 1470. The molecule has 12 heteroatoms. The van der Waals surface area contributed by atoms with Gasteiger partial charge in [-0.05, 0) is 44.4 Å². The van der Waals surface area contributed by atoms with Gasteiger partial charge in [0.1, 0.15) is 17.2 Å². The average Bonchev–Trinajstić information content (AvgIpc) is 3.59. The van der Waals surface area contributed by atoms with Crippen molar-refractivity contribution in [2.45, 2.75) is 39.2 Å². The number of carbonyl (C=O) groups is 2. The zero-order chi connectivity index (χ0) is 26.8. The Morgan fingerprint density at radius 1 is 1.05 bits per heavy atom. The number of nitrogens with zero attached hydrogens (tertiary/aromatic N) is 6. The lowest BCUT2D eigenvalue weighted by Gasteiger charge is -2.31. The molecule has 198 valence electrons. The SMILES string of the molecule is COc1cc(CNC(=O)c2csc(C3CCN(C(=O)c4nnc5cc(C)nn5c4C)CC3)n2)cc(OC)c1. The van der Waals surface area contributed by atoms with Gasteiger partial charge in [-0.2, -0.15) is 5.10 Å². The summed E-state index contributed by atoms with van der Waals surface area (Å²) in [6.07, 6.45) is 1.53. The van der Waals surface area contributed by atoms with Crippen LogP contribution in [0.5, 0.6) is 11.5 Å². The highest BCUT2D eigenvalue weighted by Gasteiger charge is 2.29. The highest BCUT2D eigenvalue weighted by Crippen LogP contribution is 2.31. The zero-order valence-corrected chi connectivity index (χ0v) is 22.5. The van der Waals surface area contributed by atoms with Gasteiger partial charge in [-0.25, -0.2) is 9.50 Å². The van der Waals surface area contributed by atoms with Crippen molar-refractivity contribution in [2.24, 2.45) is 0 Å². The van der Waals surface area contributed by atoms with Gasteiger partial charge in [-0.15, -0.1) is 21.5 Å². The lowest BCUT2D eigenvalue weighted by atomic mass is 9.97. The molecule has 0 unspecified atom stereocenters. The van der Waals surface area contributed by atoms with Crippen molar-refractivity contribution in [3.05, 3.63) is 63.0 Å². The number of fused-ring (bicyclic) bond motifs is 1. The summed E-state index contributed by atoms with van der Waals surface area (Å²) in [6.45, 7) is 5.21. The smallest absolute Gasteiger partial charge is 0.276 e. The van der Waals surface area contributed by atoms with E-state index in [-0.39, 0.29) is 17.7 Å². The van der Waals surface area contributed by atoms with E-state index in [1.807, 2.05) is 32.0 Å². The lowest BCUT2D eigenvalue weighted by molar-refractivity contribution is 0.0704. The topological polar surface area (TPSA) is 124 Å². The molecule has 3 aromatic heterocycles. The highest BCUT2D eigenvalue weighted by molar-refractivity contribution is 7.09. The molecule has 0 radical (unpaired) electrons. The molecular formula is C26H29N7O4S. The molecule has 0 spiro atoms. The fourth-order valence-corrected chi connectivity index (χ4v) is 5.55. The third kappa shape index (κ3) is 5.17. The van der Waals surface area contributed by atoms with E-state index in [4.69, 9.17) is 9.47 Å². The summed E-state index contributed by atoms with van der Waals surface area (Å²) in [7, 11) is 3.18. The standard InChI is InChI=1S/C26H29N7O4S/c1-15-9-22-29-30-23(16(2)33(22)31-15)26(35)32-7-5-18(6-8-32)25-28-21(14-38-25)24(34)27-13-17-10-19(36-3)12-20(11-17)37-4/h9-12,14,18H,5-8,13H2,1-4H3,(H,27,34). The molecule has 38 heavy (non-hydrogen) atoms. The van der Waals surface area contributed by atoms with Gasteiger partial charge >= 0.3 is 0 Å². The van der Waals surface area contributed by atoms with Crippen molar-refractivity contribution in [2.75, 3.05) is 27.3 Å². The van der Waals surface area contributed by atoms with E-state index < -0.39 is 0 Å². The Hall–Kier alpha value is -4.06. The van der Waals surface area contributed by atoms with Gasteiger partial charge in [-0.1, -0.05) is 0 Å². The van der Waals surface area contributed by atoms with E-state index in [0.29, 0.717) is 53.9 Å². The van der Waals surface area contributed by atoms with E-state index in [9.17, 15) is 9.59 Å². The monoisotopic (exact) mass is 535 g/mol. The van der Waals surface area contributed by atoms with Gasteiger partial charge in [0.2, 0.25) is 0 Å². The molecule has 1 aliphatic rings.